The Kier molecular flexibility index (Phi) is 5.71. The van der Waals surface area contributed by atoms with E-state index < -0.39 is 38.3 Å². The Hall–Kier alpha value is -1.19. The zero-order valence-electron chi connectivity index (χ0n) is 17.4. The summed E-state index contributed by atoms with van der Waals surface area (Å²) in [6.07, 6.45) is -0.356. The normalized spacial score (nSPS) is 26.7. The van der Waals surface area contributed by atoms with E-state index in [4.69, 9.17) is 16.3 Å². The van der Waals surface area contributed by atoms with Crippen molar-refractivity contribution < 1.29 is 22.7 Å². The number of sulfonamides is 1. The van der Waals surface area contributed by atoms with E-state index in [9.17, 15) is 17.9 Å². The first-order chi connectivity index (χ1) is 14.4. The smallest absolute Gasteiger partial charge is 0.219 e. The van der Waals surface area contributed by atoms with Crippen LogP contribution in [0.25, 0.3) is 0 Å². The van der Waals surface area contributed by atoms with Crippen LogP contribution in [0.2, 0.25) is 5.02 Å². The van der Waals surface area contributed by atoms with E-state index >= 15 is 0 Å². The molecule has 1 saturated heterocycles. The summed E-state index contributed by atoms with van der Waals surface area (Å²) >= 11 is 9.50. The van der Waals surface area contributed by atoms with E-state index in [2.05, 4.69) is 15.9 Å². The van der Waals surface area contributed by atoms with Gasteiger partial charge in [-0.3, -0.25) is 0 Å². The lowest BCUT2D eigenvalue weighted by Crippen LogP contribution is -2.55. The second-order valence-corrected chi connectivity index (χ2v) is 12.9. The van der Waals surface area contributed by atoms with E-state index in [0.717, 1.165) is 5.56 Å². The molecule has 2 heterocycles. The number of hydrogen-bond donors (Lipinski definition) is 1. The fraction of sp³-hybridized carbons (Fsp3) is 0.455. The maximum absolute atomic E-state index is 14.4. The average Bonchev–Trinajstić information content (AvgIpc) is 3.28. The summed E-state index contributed by atoms with van der Waals surface area (Å²) in [5.74, 6) is -0.311. The van der Waals surface area contributed by atoms with Gasteiger partial charge in [0.05, 0.1) is 21.9 Å². The SMILES string of the molecule is CC(C)(C)S(=O)(=O)N1CC(O)C[C@H]1C1(c2ccccc2)Cc2c(cc(F)c(Cl)c2Br)O1. The minimum absolute atomic E-state index is 0.0190. The lowest BCUT2D eigenvalue weighted by molar-refractivity contribution is 0.0261. The van der Waals surface area contributed by atoms with Crippen LogP contribution in [0.15, 0.2) is 40.9 Å². The molecule has 0 spiro atoms. The molecule has 2 aliphatic heterocycles. The largest absolute Gasteiger partial charge is 0.480 e. The number of aliphatic hydroxyl groups is 1. The molecule has 0 saturated carbocycles. The molecule has 4 rings (SSSR count). The third-order valence-electron chi connectivity index (χ3n) is 6.07. The fourth-order valence-corrected chi connectivity index (χ4v) is 6.80. The van der Waals surface area contributed by atoms with Crippen LogP contribution in [0.4, 0.5) is 4.39 Å². The number of rotatable bonds is 3. The first-order valence-electron chi connectivity index (χ1n) is 9.99. The summed E-state index contributed by atoms with van der Waals surface area (Å²) in [5, 5.41) is 10.5. The maximum atomic E-state index is 14.4. The predicted octanol–water partition coefficient (Wildman–Crippen LogP) is 4.64. The summed E-state index contributed by atoms with van der Waals surface area (Å²) in [4.78, 5) is 0. The highest BCUT2D eigenvalue weighted by Gasteiger charge is 2.57. The lowest BCUT2D eigenvalue weighted by atomic mass is 9.81. The predicted molar refractivity (Wildman–Crippen MR) is 121 cm³/mol. The van der Waals surface area contributed by atoms with Gasteiger partial charge in [-0.15, -0.1) is 0 Å². The van der Waals surface area contributed by atoms with Crippen molar-refractivity contribution in [3.63, 3.8) is 0 Å². The molecule has 2 aromatic rings. The zero-order chi connectivity index (χ0) is 22.8. The Bertz CT molecular complexity index is 1120. The number of β-amino-alcohol motifs (C(OH)–C–C–N with tert-alkyl or cyclic N) is 1. The number of benzene rings is 2. The van der Waals surface area contributed by atoms with Crippen molar-refractivity contribution in [2.75, 3.05) is 6.54 Å². The van der Waals surface area contributed by atoms with Gasteiger partial charge in [0.25, 0.3) is 0 Å². The molecule has 0 aliphatic carbocycles. The molecule has 1 fully saturated rings. The molecule has 1 N–H and O–H groups in total. The third kappa shape index (κ3) is 3.60. The van der Waals surface area contributed by atoms with Gasteiger partial charge in [-0.2, -0.15) is 4.31 Å². The molecule has 0 bridgehead atoms. The van der Waals surface area contributed by atoms with Crippen LogP contribution in [0.5, 0.6) is 5.75 Å². The Morgan fingerprint density at radius 2 is 1.94 bits per heavy atom. The molecule has 2 aliphatic rings. The molecule has 2 aromatic carbocycles. The maximum Gasteiger partial charge on any atom is 0.219 e. The van der Waals surface area contributed by atoms with Crippen LogP contribution < -0.4 is 4.74 Å². The van der Waals surface area contributed by atoms with Crippen molar-refractivity contribution in [1.82, 2.24) is 4.31 Å². The van der Waals surface area contributed by atoms with Gasteiger partial charge in [0, 0.05) is 29.1 Å². The molecule has 9 heteroatoms. The van der Waals surface area contributed by atoms with Crippen molar-refractivity contribution in [2.24, 2.45) is 0 Å². The van der Waals surface area contributed by atoms with Crippen molar-refractivity contribution in [2.45, 2.75) is 56.1 Å². The lowest BCUT2D eigenvalue weighted by Gasteiger charge is -2.41. The summed E-state index contributed by atoms with van der Waals surface area (Å²) in [5.41, 5.74) is 0.284. The minimum atomic E-state index is -3.77. The molecule has 31 heavy (non-hydrogen) atoms. The average molecular weight is 533 g/mol. The van der Waals surface area contributed by atoms with Crippen LogP contribution in [0, 0.1) is 5.82 Å². The molecular weight excluding hydrogens is 509 g/mol. The van der Waals surface area contributed by atoms with Gasteiger partial charge in [0.15, 0.2) is 5.60 Å². The first kappa shape index (κ1) is 23.0. The minimum Gasteiger partial charge on any atom is -0.480 e. The second-order valence-electron chi connectivity index (χ2n) is 9.09. The van der Waals surface area contributed by atoms with Crippen LogP contribution in [-0.4, -0.2) is 41.3 Å². The molecule has 0 amide bonds. The van der Waals surface area contributed by atoms with Gasteiger partial charge >= 0.3 is 0 Å². The molecule has 0 aromatic heterocycles. The number of halogens is 3. The monoisotopic (exact) mass is 531 g/mol. The summed E-state index contributed by atoms with van der Waals surface area (Å²) in [6, 6.07) is 9.84. The number of ether oxygens (including phenoxy) is 1. The second kappa shape index (κ2) is 7.70. The fourth-order valence-electron chi connectivity index (χ4n) is 4.45. The number of fused-ring (bicyclic) bond motifs is 1. The highest BCUT2D eigenvalue weighted by molar-refractivity contribution is 9.10. The van der Waals surface area contributed by atoms with Gasteiger partial charge in [-0.05, 0) is 48.7 Å². The molecular formula is C22H24BrClFNO4S. The van der Waals surface area contributed by atoms with Gasteiger partial charge in [0.2, 0.25) is 10.0 Å². The zero-order valence-corrected chi connectivity index (χ0v) is 20.6. The molecule has 5 nitrogen and oxygen atoms in total. The van der Waals surface area contributed by atoms with E-state index in [1.807, 2.05) is 30.3 Å². The van der Waals surface area contributed by atoms with Gasteiger partial charge in [-0.25, -0.2) is 12.8 Å². The van der Waals surface area contributed by atoms with Crippen LogP contribution in [0.3, 0.4) is 0 Å². The number of aliphatic hydroxyl groups excluding tert-OH is 1. The first-order valence-corrected chi connectivity index (χ1v) is 12.6. The van der Waals surface area contributed by atoms with E-state index in [1.54, 1.807) is 20.8 Å². The van der Waals surface area contributed by atoms with Gasteiger partial charge in [0.1, 0.15) is 11.6 Å². The van der Waals surface area contributed by atoms with Crippen LogP contribution in [0.1, 0.15) is 38.3 Å². The Labute approximate surface area is 195 Å². The molecule has 168 valence electrons. The Morgan fingerprint density at radius 1 is 1.29 bits per heavy atom. The van der Waals surface area contributed by atoms with Crippen molar-refractivity contribution in [1.29, 1.82) is 0 Å². The van der Waals surface area contributed by atoms with E-state index in [0.29, 0.717) is 15.8 Å². The van der Waals surface area contributed by atoms with E-state index in [1.165, 1.54) is 10.4 Å². The van der Waals surface area contributed by atoms with Gasteiger partial charge in [-0.1, -0.05) is 41.9 Å². The van der Waals surface area contributed by atoms with Gasteiger partial charge < -0.3 is 9.84 Å². The molecule has 2 unspecified atom stereocenters. The standard InChI is InChI=1S/C22H24BrClFNO4S/c1-21(2,3)31(28,29)26-12-14(27)9-18(26)22(13-7-5-4-6-8-13)11-15-17(30-22)10-16(25)20(24)19(15)23/h4-8,10,14,18,27H,9,11-12H2,1-3H3/t14?,18-,22?/m0/s1. The van der Waals surface area contributed by atoms with Crippen molar-refractivity contribution >= 4 is 37.6 Å². The highest BCUT2D eigenvalue weighted by Crippen LogP contribution is 2.52. The number of hydrogen-bond acceptors (Lipinski definition) is 4. The van der Waals surface area contributed by atoms with E-state index in [-0.39, 0.29) is 24.4 Å². The molecule has 0 radical (unpaired) electrons. The van der Waals surface area contributed by atoms with Crippen molar-refractivity contribution in [3.8, 4) is 5.75 Å². The third-order valence-corrected chi connectivity index (χ3v) is 10.1. The summed E-state index contributed by atoms with van der Waals surface area (Å²) in [7, 11) is -3.77. The Morgan fingerprint density at radius 3 is 2.55 bits per heavy atom. The van der Waals surface area contributed by atoms with Crippen LogP contribution >= 0.6 is 27.5 Å². The topological polar surface area (TPSA) is 66.8 Å². The Balaban J connectivity index is 1.91. The number of nitrogens with zero attached hydrogens (tertiary/aromatic N) is 1. The summed E-state index contributed by atoms with van der Waals surface area (Å²) in [6.45, 7) is 4.88. The quantitative estimate of drug-likeness (QED) is 0.585. The van der Waals surface area contributed by atoms with Crippen molar-refractivity contribution in [3.05, 3.63) is 62.8 Å². The molecule has 3 atom stereocenters. The highest BCUT2D eigenvalue weighted by atomic mass is 79.9. The van der Waals surface area contributed by atoms with Crippen LogP contribution in [-0.2, 0) is 22.0 Å². The summed E-state index contributed by atoms with van der Waals surface area (Å²) < 4.78 is 48.4.